The van der Waals surface area contributed by atoms with Gasteiger partial charge in [0.2, 0.25) is 10.0 Å². The molecule has 152 valence electrons. The summed E-state index contributed by atoms with van der Waals surface area (Å²) in [6, 6.07) is 16.9. The van der Waals surface area contributed by atoms with Crippen LogP contribution < -0.4 is 10.0 Å². The van der Waals surface area contributed by atoms with Crippen LogP contribution in [-0.2, 0) is 16.6 Å². The highest BCUT2D eigenvalue weighted by atomic mass is 32.2. The Balaban J connectivity index is 1.70. The second-order valence-electron chi connectivity index (χ2n) is 6.53. The molecule has 0 aliphatic carbocycles. The maximum Gasteiger partial charge on any atom is 0.251 e. The molecule has 3 N–H and O–H groups in total. The van der Waals surface area contributed by atoms with Gasteiger partial charge >= 0.3 is 0 Å². The summed E-state index contributed by atoms with van der Waals surface area (Å²) in [5, 5.41) is 12.6. The lowest BCUT2D eigenvalue weighted by Gasteiger charge is -2.13. The van der Waals surface area contributed by atoms with Gasteiger partial charge in [0, 0.05) is 12.1 Å². The quantitative estimate of drug-likeness (QED) is 0.525. The first-order valence-corrected chi connectivity index (χ1v) is 10.5. The molecule has 0 fully saturated rings. The summed E-state index contributed by atoms with van der Waals surface area (Å²) in [4.78, 5) is 12.5. The van der Waals surface area contributed by atoms with E-state index in [9.17, 15) is 18.3 Å². The summed E-state index contributed by atoms with van der Waals surface area (Å²) < 4.78 is 33.1. The molecule has 0 radical (unpaired) electrons. The van der Waals surface area contributed by atoms with Crippen LogP contribution in [0.4, 0.5) is 0 Å². The van der Waals surface area contributed by atoms with E-state index in [1.165, 1.54) is 12.3 Å². The zero-order chi connectivity index (χ0) is 20.9. The van der Waals surface area contributed by atoms with Gasteiger partial charge in [0.15, 0.2) is 0 Å². The number of aliphatic hydroxyl groups excluding tert-OH is 1. The van der Waals surface area contributed by atoms with E-state index < -0.39 is 22.0 Å². The monoisotopic (exact) mass is 414 g/mol. The Morgan fingerprint density at radius 3 is 2.55 bits per heavy atom. The molecule has 1 aromatic heterocycles. The molecule has 29 heavy (non-hydrogen) atoms. The first-order valence-electron chi connectivity index (χ1n) is 9.01. The van der Waals surface area contributed by atoms with Crippen molar-refractivity contribution in [1.82, 2.24) is 10.0 Å². The van der Waals surface area contributed by atoms with Crippen molar-refractivity contribution >= 4 is 15.9 Å². The fraction of sp³-hybridized carbons (Fsp3) is 0.190. The van der Waals surface area contributed by atoms with E-state index in [-0.39, 0.29) is 23.5 Å². The first kappa shape index (κ1) is 20.8. The summed E-state index contributed by atoms with van der Waals surface area (Å²) in [6.07, 6.45) is 0.440. The number of hydrogen-bond acceptors (Lipinski definition) is 5. The lowest BCUT2D eigenvalue weighted by Crippen LogP contribution is -2.29. The van der Waals surface area contributed by atoms with Crippen LogP contribution in [0, 0.1) is 6.92 Å². The molecule has 8 heteroatoms. The number of nitrogens with one attached hydrogen (secondary N) is 2. The molecule has 3 rings (SSSR count). The van der Waals surface area contributed by atoms with Gasteiger partial charge in [-0.1, -0.05) is 36.4 Å². The van der Waals surface area contributed by atoms with E-state index in [1.807, 2.05) is 30.3 Å². The van der Waals surface area contributed by atoms with Crippen LogP contribution in [0.1, 0.15) is 33.3 Å². The zero-order valence-electron chi connectivity index (χ0n) is 15.8. The summed E-state index contributed by atoms with van der Waals surface area (Å²) in [5.74, 6) is -0.155. The Morgan fingerprint density at radius 1 is 1.10 bits per heavy atom. The highest BCUT2D eigenvalue weighted by molar-refractivity contribution is 7.89. The van der Waals surface area contributed by atoms with Crippen LogP contribution in [0.3, 0.4) is 0 Å². The van der Waals surface area contributed by atoms with Crippen LogP contribution >= 0.6 is 0 Å². The van der Waals surface area contributed by atoms with Crippen molar-refractivity contribution in [2.75, 3.05) is 6.54 Å². The third-order valence-electron chi connectivity index (χ3n) is 4.38. The number of carbonyl (C=O) groups is 1. The Morgan fingerprint density at radius 2 is 1.86 bits per heavy atom. The average Bonchev–Trinajstić information content (AvgIpc) is 3.26. The highest BCUT2D eigenvalue weighted by Gasteiger charge is 2.20. The van der Waals surface area contributed by atoms with Crippen molar-refractivity contribution in [1.29, 1.82) is 0 Å². The maximum absolute atomic E-state index is 12.7. The smallest absolute Gasteiger partial charge is 0.251 e. The number of hydrogen-bond donors (Lipinski definition) is 3. The number of furan rings is 1. The minimum absolute atomic E-state index is 0.0349. The van der Waals surface area contributed by atoms with Gasteiger partial charge in [-0.2, -0.15) is 0 Å². The van der Waals surface area contributed by atoms with Gasteiger partial charge in [0.05, 0.1) is 17.7 Å². The van der Waals surface area contributed by atoms with Crippen molar-refractivity contribution < 1.29 is 22.7 Å². The molecular formula is C21H22N2O5S. The summed E-state index contributed by atoms with van der Waals surface area (Å²) >= 11 is 0. The fourth-order valence-corrected chi connectivity index (χ4v) is 4.04. The van der Waals surface area contributed by atoms with E-state index >= 15 is 0 Å². The fourth-order valence-electron chi connectivity index (χ4n) is 2.76. The van der Waals surface area contributed by atoms with Gasteiger partial charge in [-0.05, 0) is 42.3 Å². The van der Waals surface area contributed by atoms with Gasteiger partial charge in [-0.25, -0.2) is 13.1 Å². The van der Waals surface area contributed by atoms with Crippen molar-refractivity contribution in [3.05, 3.63) is 89.4 Å². The van der Waals surface area contributed by atoms with Crippen LogP contribution in [0.5, 0.6) is 0 Å². The number of aliphatic hydroxyl groups is 1. The molecule has 0 spiro atoms. The van der Waals surface area contributed by atoms with E-state index in [2.05, 4.69) is 10.0 Å². The molecule has 3 aromatic rings. The van der Waals surface area contributed by atoms with Crippen LogP contribution in [-0.4, -0.2) is 26.0 Å². The molecule has 0 saturated carbocycles. The van der Waals surface area contributed by atoms with Crippen molar-refractivity contribution in [3.63, 3.8) is 0 Å². The number of rotatable bonds is 8. The number of sulfonamides is 1. The van der Waals surface area contributed by atoms with E-state index in [4.69, 9.17) is 4.42 Å². The molecule has 0 aliphatic heterocycles. The third kappa shape index (κ3) is 5.32. The maximum atomic E-state index is 12.7. The summed E-state index contributed by atoms with van der Waals surface area (Å²) in [6.45, 7) is 1.75. The Bertz CT molecular complexity index is 1060. The summed E-state index contributed by atoms with van der Waals surface area (Å²) in [7, 11) is -3.81. The number of benzene rings is 2. The van der Waals surface area contributed by atoms with Crippen LogP contribution in [0.2, 0.25) is 0 Å². The predicted octanol–water partition coefficient (Wildman–Crippen LogP) is 2.53. The van der Waals surface area contributed by atoms with E-state index in [1.54, 1.807) is 31.2 Å². The minimum Gasteiger partial charge on any atom is -0.467 e. The molecule has 1 amide bonds. The van der Waals surface area contributed by atoms with E-state index in [0.717, 1.165) is 5.56 Å². The SMILES string of the molecule is Cc1ccc(C(=O)NCC(O)c2ccco2)cc1S(=O)(=O)NCc1ccccc1. The Hall–Kier alpha value is -2.94. The predicted molar refractivity (Wildman–Crippen MR) is 108 cm³/mol. The second kappa shape index (κ2) is 9.04. The molecule has 0 bridgehead atoms. The van der Waals surface area contributed by atoms with Gasteiger partial charge in [0.1, 0.15) is 11.9 Å². The molecule has 2 aromatic carbocycles. The standard InChI is InChI=1S/C21H22N2O5S/c1-15-9-10-17(21(25)22-14-18(24)19-8-5-11-28-19)12-20(15)29(26,27)23-13-16-6-3-2-4-7-16/h2-12,18,23-24H,13-14H2,1H3,(H,22,25). The Kier molecular flexibility index (Phi) is 6.48. The highest BCUT2D eigenvalue weighted by Crippen LogP contribution is 2.18. The lowest BCUT2D eigenvalue weighted by atomic mass is 10.1. The van der Waals surface area contributed by atoms with Gasteiger partial charge < -0.3 is 14.8 Å². The van der Waals surface area contributed by atoms with Crippen molar-refractivity contribution in [3.8, 4) is 0 Å². The average molecular weight is 414 g/mol. The topological polar surface area (TPSA) is 109 Å². The van der Waals surface area contributed by atoms with Gasteiger partial charge in [-0.3, -0.25) is 4.79 Å². The van der Waals surface area contributed by atoms with Crippen molar-refractivity contribution in [2.24, 2.45) is 0 Å². The third-order valence-corrected chi connectivity index (χ3v) is 5.92. The normalized spacial score (nSPS) is 12.5. The first-order chi connectivity index (χ1) is 13.9. The van der Waals surface area contributed by atoms with Crippen LogP contribution in [0.15, 0.2) is 76.2 Å². The van der Waals surface area contributed by atoms with Gasteiger partial charge in [-0.15, -0.1) is 0 Å². The minimum atomic E-state index is -3.81. The molecule has 1 atom stereocenters. The van der Waals surface area contributed by atoms with Crippen LogP contribution in [0.25, 0.3) is 0 Å². The van der Waals surface area contributed by atoms with Crippen molar-refractivity contribution in [2.45, 2.75) is 24.5 Å². The molecule has 0 aliphatic rings. The molecule has 7 nitrogen and oxygen atoms in total. The number of carbonyl (C=O) groups excluding carboxylic acids is 1. The Labute approximate surface area is 169 Å². The lowest BCUT2D eigenvalue weighted by molar-refractivity contribution is 0.0901. The van der Waals surface area contributed by atoms with E-state index in [0.29, 0.717) is 11.3 Å². The number of amides is 1. The molecule has 1 heterocycles. The largest absolute Gasteiger partial charge is 0.467 e. The molecular weight excluding hydrogens is 392 g/mol. The number of aryl methyl sites for hydroxylation is 1. The second-order valence-corrected chi connectivity index (χ2v) is 8.27. The van der Waals surface area contributed by atoms with Gasteiger partial charge in [0.25, 0.3) is 5.91 Å². The summed E-state index contributed by atoms with van der Waals surface area (Å²) in [5.41, 5.74) is 1.54. The molecule has 1 unspecified atom stereocenters. The molecule has 0 saturated heterocycles. The zero-order valence-corrected chi connectivity index (χ0v) is 16.6.